The van der Waals surface area contributed by atoms with Gasteiger partial charge in [0, 0.05) is 17.0 Å². The minimum atomic E-state index is -0.369. The first-order chi connectivity index (χ1) is 13.6. The van der Waals surface area contributed by atoms with E-state index in [-0.39, 0.29) is 11.5 Å². The van der Waals surface area contributed by atoms with Crippen molar-refractivity contribution < 1.29 is 9.53 Å². The van der Waals surface area contributed by atoms with Gasteiger partial charge in [-0.05, 0) is 37.6 Å². The van der Waals surface area contributed by atoms with Crippen molar-refractivity contribution in [3.05, 3.63) is 87.5 Å². The molecule has 4 aromatic rings. The van der Waals surface area contributed by atoms with E-state index in [1.807, 2.05) is 61.5 Å². The van der Waals surface area contributed by atoms with Crippen LogP contribution in [0, 0.1) is 6.92 Å². The number of carbonyl (C=O) groups excluding carboxylic acids is 1. The van der Waals surface area contributed by atoms with Gasteiger partial charge in [0.25, 0.3) is 5.56 Å². The first kappa shape index (κ1) is 18.2. The molecule has 4 rings (SSSR count). The number of thiophene rings is 1. The Morgan fingerprint density at radius 1 is 1.00 bits per heavy atom. The molecule has 0 unspecified atom stereocenters. The van der Waals surface area contributed by atoms with Crippen LogP contribution in [0.15, 0.2) is 71.5 Å². The highest BCUT2D eigenvalue weighted by Gasteiger charge is 2.23. The van der Waals surface area contributed by atoms with Crippen LogP contribution >= 0.6 is 11.3 Å². The van der Waals surface area contributed by atoms with Crippen LogP contribution in [0.3, 0.4) is 0 Å². The largest absolute Gasteiger partial charge is 0.462 e. The van der Waals surface area contributed by atoms with Crippen LogP contribution in [0.2, 0.25) is 0 Å². The van der Waals surface area contributed by atoms with Crippen LogP contribution in [-0.2, 0) is 4.74 Å². The standard InChI is InChI=1S/C23H19NO3S/c1-3-27-23(26)21-20(16-11-9-15(2)10-12-16)18-13-14-19(25)24(22(18)28-21)17-7-5-4-6-8-17/h4-14H,3H2,1-2H3. The summed E-state index contributed by atoms with van der Waals surface area (Å²) >= 11 is 1.30. The summed E-state index contributed by atoms with van der Waals surface area (Å²) in [6.07, 6.45) is 0. The molecule has 0 radical (unpaired) electrons. The quantitative estimate of drug-likeness (QED) is 0.451. The summed E-state index contributed by atoms with van der Waals surface area (Å²) in [5.74, 6) is -0.369. The maximum Gasteiger partial charge on any atom is 0.349 e. The number of nitrogens with zero attached hydrogens (tertiary/aromatic N) is 1. The summed E-state index contributed by atoms with van der Waals surface area (Å²) < 4.78 is 6.96. The Kier molecular flexibility index (Phi) is 4.84. The SMILES string of the molecule is CCOC(=O)c1sc2c(ccc(=O)n2-c2ccccc2)c1-c1ccc(C)cc1. The molecule has 2 aromatic heterocycles. The molecule has 28 heavy (non-hydrogen) atoms. The van der Waals surface area contributed by atoms with E-state index in [9.17, 15) is 9.59 Å². The van der Waals surface area contributed by atoms with E-state index in [1.165, 1.54) is 11.3 Å². The second-order valence-electron chi connectivity index (χ2n) is 6.45. The summed E-state index contributed by atoms with van der Waals surface area (Å²) in [6.45, 7) is 4.11. The number of pyridine rings is 1. The van der Waals surface area contributed by atoms with Gasteiger partial charge < -0.3 is 4.74 Å². The third kappa shape index (κ3) is 3.14. The van der Waals surface area contributed by atoms with E-state index < -0.39 is 0 Å². The Bertz CT molecular complexity index is 1200. The van der Waals surface area contributed by atoms with Gasteiger partial charge in [0.2, 0.25) is 0 Å². The third-order valence-electron chi connectivity index (χ3n) is 4.56. The predicted molar refractivity (Wildman–Crippen MR) is 114 cm³/mol. The Hall–Kier alpha value is -3.18. The Balaban J connectivity index is 2.07. The normalized spacial score (nSPS) is 10.9. The lowest BCUT2D eigenvalue weighted by Crippen LogP contribution is -2.16. The summed E-state index contributed by atoms with van der Waals surface area (Å²) in [4.78, 5) is 26.6. The van der Waals surface area contributed by atoms with Gasteiger partial charge in [-0.15, -0.1) is 11.3 Å². The monoisotopic (exact) mass is 389 g/mol. The average molecular weight is 389 g/mol. The number of aryl methyl sites for hydroxylation is 1. The van der Waals surface area contributed by atoms with E-state index in [4.69, 9.17) is 4.74 Å². The topological polar surface area (TPSA) is 48.3 Å². The molecule has 0 spiro atoms. The summed E-state index contributed by atoms with van der Waals surface area (Å²) in [7, 11) is 0. The number of esters is 1. The highest BCUT2D eigenvalue weighted by Crippen LogP contribution is 2.39. The molecule has 0 aliphatic rings. The van der Waals surface area contributed by atoms with Crippen LogP contribution < -0.4 is 5.56 Å². The van der Waals surface area contributed by atoms with Crippen LogP contribution in [0.1, 0.15) is 22.2 Å². The van der Waals surface area contributed by atoms with Crippen molar-refractivity contribution in [2.45, 2.75) is 13.8 Å². The Labute approximate surface area is 166 Å². The summed E-state index contributed by atoms with van der Waals surface area (Å²) in [5, 5.41) is 0.861. The Morgan fingerprint density at radius 3 is 2.39 bits per heavy atom. The average Bonchev–Trinajstić information content (AvgIpc) is 3.09. The molecular weight excluding hydrogens is 370 g/mol. The van der Waals surface area contributed by atoms with E-state index in [2.05, 4.69) is 0 Å². The van der Waals surface area contributed by atoms with Crippen LogP contribution in [0.4, 0.5) is 0 Å². The van der Waals surface area contributed by atoms with Gasteiger partial charge in [0.1, 0.15) is 9.71 Å². The van der Waals surface area contributed by atoms with Gasteiger partial charge in [-0.1, -0.05) is 48.0 Å². The summed E-state index contributed by atoms with van der Waals surface area (Å²) in [5.41, 5.74) is 3.51. The zero-order chi connectivity index (χ0) is 19.7. The molecule has 0 saturated carbocycles. The molecule has 2 aromatic carbocycles. The van der Waals surface area contributed by atoms with Crippen LogP contribution in [0.5, 0.6) is 0 Å². The maximum atomic E-state index is 12.7. The highest BCUT2D eigenvalue weighted by molar-refractivity contribution is 7.21. The van der Waals surface area contributed by atoms with Crippen molar-refractivity contribution in [2.24, 2.45) is 0 Å². The first-order valence-corrected chi connectivity index (χ1v) is 9.90. The van der Waals surface area contributed by atoms with Gasteiger partial charge in [-0.25, -0.2) is 4.79 Å². The molecule has 5 heteroatoms. The smallest absolute Gasteiger partial charge is 0.349 e. The van der Waals surface area contributed by atoms with Crippen LogP contribution in [-0.4, -0.2) is 17.1 Å². The zero-order valence-electron chi connectivity index (χ0n) is 15.6. The van der Waals surface area contributed by atoms with Crippen molar-refractivity contribution in [2.75, 3.05) is 6.61 Å². The fourth-order valence-electron chi connectivity index (χ4n) is 3.25. The summed E-state index contributed by atoms with van der Waals surface area (Å²) in [6, 6.07) is 20.8. The van der Waals surface area contributed by atoms with Crippen LogP contribution in [0.25, 0.3) is 27.0 Å². The van der Waals surface area contributed by atoms with Gasteiger partial charge in [0.15, 0.2) is 0 Å². The number of hydrogen-bond donors (Lipinski definition) is 0. The first-order valence-electron chi connectivity index (χ1n) is 9.08. The molecule has 140 valence electrons. The van der Waals surface area contributed by atoms with Gasteiger partial charge in [-0.2, -0.15) is 0 Å². The lowest BCUT2D eigenvalue weighted by Gasteiger charge is -2.08. The minimum absolute atomic E-state index is 0.134. The van der Waals surface area contributed by atoms with Gasteiger partial charge in [0.05, 0.1) is 12.3 Å². The molecular formula is C23H19NO3S. The second kappa shape index (κ2) is 7.44. The lowest BCUT2D eigenvalue weighted by molar-refractivity contribution is 0.0533. The predicted octanol–water partition coefficient (Wildman–Crippen LogP) is 5.20. The van der Waals surface area contributed by atoms with Crippen molar-refractivity contribution in [3.63, 3.8) is 0 Å². The van der Waals surface area contributed by atoms with Crippen molar-refractivity contribution in [1.29, 1.82) is 0 Å². The van der Waals surface area contributed by atoms with E-state index in [0.29, 0.717) is 11.5 Å². The fourth-order valence-corrected chi connectivity index (χ4v) is 4.48. The maximum absolute atomic E-state index is 12.7. The number of aromatic nitrogens is 1. The number of hydrogen-bond acceptors (Lipinski definition) is 4. The van der Waals surface area contributed by atoms with E-state index in [0.717, 1.165) is 32.6 Å². The number of fused-ring (bicyclic) bond motifs is 1. The van der Waals surface area contributed by atoms with Gasteiger partial charge in [-0.3, -0.25) is 9.36 Å². The molecule has 0 atom stereocenters. The molecule has 0 fully saturated rings. The number of carbonyl (C=O) groups is 1. The number of para-hydroxylation sites is 1. The molecule has 2 heterocycles. The van der Waals surface area contributed by atoms with Crippen molar-refractivity contribution >= 4 is 27.5 Å². The molecule has 0 amide bonds. The van der Waals surface area contributed by atoms with E-state index >= 15 is 0 Å². The Morgan fingerprint density at radius 2 is 1.71 bits per heavy atom. The molecule has 0 N–H and O–H groups in total. The number of benzene rings is 2. The molecule has 0 aliphatic heterocycles. The number of rotatable bonds is 4. The minimum Gasteiger partial charge on any atom is -0.462 e. The molecule has 0 saturated heterocycles. The molecule has 4 nitrogen and oxygen atoms in total. The zero-order valence-corrected chi connectivity index (χ0v) is 16.5. The highest BCUT2D eigenvalue weighted by atomic mass is 32.1. The third-order valence-corrected chi connectivity index (χ3v) is 5.73. The van der Waals surface area contributed by atoms with E-state index in [1.54, 1.807) is 23.6 Å². The number of ether oxygens (including phenoxy) is 1. The lowest BCUT2D eigenvalue weighted by atomic mass is 10.0. The second-order valence-corrected chi connectivity index (χ2v) is 7.45. The van der Waals surface area contributed by atoms with Crippen molar-refractivity contribution in [1.82, 2.24) is 4.57 Å². The molecule has 0 bridgehead atoms. The fraction of sp³-hybridized carbons (Fsp3) is 0.130. The van der Waals surface area contributed by atoms with Gasteiger partial charge >= 0.3 is 5.97 Å². The van der Waals surface area contributed by atoms with Crippen molar-refractivity contribution in [3.8, 4) is 16.8 Å². The molecule has 0 aliphatic carbocycles.